The minimum Gasteiger partial charge on any atom is -0.489 e. The van der Waals surface area contributed by atoms with Crippen molar-refractivity contribution in [3.8, 4) is 11.5 Å². The molecular formula is C31H30O6. The van der Waals surface area contributed by atoms with Crippen LogP contribution >= 0.6 is 0 Å². The van der Waals surface area contributed by atoms with Gasteiger partial charge in [0.1, 0.15) is 30.1 Å². The maximum absolute atomic E-state index is 12.6. The number of hydrogen-bond acceptors (Lipinski definition) is 4. The molecule has 1 unspecified atom stereocenters. The molecule has 0 amide bonds. The summed E-state index contributed by atoms with van der Waals surface area (Å²) in [6.07, 6.45) is 3.05. The molecule has 190 valence electrons. The van der Waals surface area contributed by atoms with Crippen LogP contribution in [0.4, 0.5) is 0 Å². The molecule has 3 aromatic carbocycles. The largest absolute Gasteiger partial charge is 0.489 e. The number of rotatable bonds is 9. The van der Waals surface area contributed by atoms with E-state index < -0.39 is 17.4 Å². The first-order valence-electron chi connectivity index (χ1n) is 12.1. The normalized spacial score (nSPS) is 16.9. The van der Waals surface area contributed by atoms with Gasteiger partial charge in [-0.1, -0.05) is 60.7 Å². The fourth-order valence-electron chi connectivity index (χ4n) is 4.61. The molecule has 6 nitrogen and oxygen atoms in total. The Kier molecular flexibility index (Phi) is 7.48. The second-order valence-corrected chi connectivity index (χ2v) is 9.34. The molecular weight excluding hydrogens is 468 g/mol. The molecule has 0 spiro atoms. The van der Waals surface area contributed by atoms with Crippen LogP contribution in [0.25, 0.3) is 0 Å². The van der Waals surface area contributed by atoms with Crippen molar-refractivity contribution in [2.45, 2.75) is 45.8 Å². The van der Waals surface area contributed by atoms with E-state index >= 15 is 0 Å². The Morgan fingerprint density at radius 1 is 0.865 bits per heavy atom. The van der Waals surface area contributed by atoms with Crippen LogP contribution in [0, 0.1) is 13.8 Å². The van der Waals surface area contributed by atoms with E-state index in [1.807, 2.05) is 68.4 Å². The summed E-state index contributed by atoms with van der Waals surface area (Å²) >= 11 is 0. The number of allylic oxidation sites excluding steroid dienone is 2. The Bertz CT molecular complexity index is 1390. The number of aryl methyl sites for hydroxylation is 2. The molecule has 1 aliphatic rings. The Morgan fingerprint density at radius 2 is 1.62 bits per heavy atom. The van der Waals surface area contributed by atoms with E-state index in [9.17, 15) is 19.8 Å². The van der Waals surface area contributed by atoms with Crippen molar-refractivity contribution >= 4 is 11.9 Å². The predicted molar refractivity (Wildman–Crippen MR) is 141 cm³/mol. The zero-order valence-electron chi connectivity index (χ0n) is 21.2. The number of carbonyl (C=O) groups is 2. The van der Waals surface area contributed by atoms with Crippen LogP contribution < -0.4 is 9.47 Å². The highest BCUT2D eigenvalue weighted by Crippen LogP contribution is 2.41. The average molecular weight is 499 g/mol. The molecule has 0 saturated heterocycles. The monoisotopic (exact) mass is 498 g/mol. The molecule has 3 aromatic rings. The lowest BCUT2D eigenvalue weighted by Crippen LogP contribution is -2.38. The summed E-state index contributed by atoms with van der Waals surface area (Å²) in [4.78, 5) is 24.5. The number of hydrogen-bond donors (Lipinski definition) is 2. The van der Waals surface area contributed by atoms with Gasteiger partial charge in [-0.2, -0.15) is 0 Å². The van der Waals surface area contributed by atoms with E-state index in [4.69, 9.17) is 9.47 Å². The molecule has 1 aliphatic carbocycles. The topological polar surface area (TPSA) is 93.1 Å². The van der Waals surface area contributed by atoms with Crippen molar-refractivity contribution < 1.29 is 29.3 Å². The standard InChI is InChI=1S/C31H30O6/c1-20-8-7-11-27(31(30(34)35)15-14-21(2)25(17-31)29(32)33)26(20)19-37-28-13-12-24(16-22(28)3)36-18-23-9-5-4-6-10-23/h4-16H,17-19H2,1-3H3,(H,32,33)(H,34,35). The van der Waals surface area contributed by atoms with Gasteiger partial charge in [-0.25, -0.2) is 4.79 Å². The molecule has 2 N–H and O–H groups in total. The summed E-state index contributed by atoms with van der Waals surface area (Å²) in [7, 11) is 0. The Balaban J connectivity index is 1.57. The molecule has 0 aromatic heterocycles. The van der Waals surface area contributed by atoms with Gasteiger partial charge < -0.3 is 19.7 Å². The molecule has 37 heavy (non-hydrogen) atoms. The van der Waals surface area contributed by atoms with Crippen LogP contribution in [0.2, 0.25) is 0 Å². The van der Waals surface area contributed by atoms with Crippen LogP contribution in [-0.4, -0.2) is 22.2 Å². The first kappa shape index (κ1) is 25.8. The SMILES string of the molecule is CC1=C(C(=O)O)CC(C(=O)O)(c2cccc(C)c2COc2ccc(OCc3ccccc3)cc2C)C=C1. The Hall–Kier alpha value is -4.32. The Morgan fingerprint density at radius 3 is 2.30 bits per heavy atom. The highest BCUT2D eigenvalue weighted by Gasteiger charge is 2.43. The van der Waals surface area contributed by atoms with E-state index in [0.29, 0.717) is 23.5 Å². The first-order valence-corrected chi connectivity index (χ1v) is 12.1. The molecule has 0 radical (unpaired) electrons. The summed E-state index contributed by atoms with van der Waals surface area (Å²) in [5.74, 6) is -0.821. The number of carboxylic acid groups (broad SMARTS) is 2. The maximum atomic E-state index is 12.6. The molecule has 0 saturated carbocycles. The summed E-state index contributed by atoms with van der Waals surface area (Å²) in [6.45, 7) is 6.11. The van der Waals surface area contributed by atoms with Crippen LogP contribution in [0.15, 0.2) is 90.0 Å². The van der Waals surface area contributed by atoms with Gasteiger partial charge in [-0.05, 0) is 72.4 Å². The van der Waals surface area contributed by atoms with Crippen LogP contribution in [0.3, 0.4) is 0 Å². The highest BCUT2D eigenvalue weighted by molar-refractivity contribution is 5.94. The second-order valence-electron chi connectivity index (χ2n) is 9.34. The van der Waals surface area contributed by atoms with Crippen LogP contribution in [0.1, 0.15) is 41.2 Å². The molecule has 4 rings (SSSR count). The van der Waals surface area contributed by atoms with Crippen molar-refractivity contribution in [1.82, 2.24) is 0 Å². The van der Waals surface area contributed by atoms with Crippen molar-refractivity contribution in [2.24, 2.45) is 0 Å². The van der Waals surface area contributed by atoms with Gasteiger partial charge >= 0.3 is 11.9 Å². The second kappa shape index (κ2) is 10.7. The molecule has 0 heterocycles. The van der Waals surface area contributed by atoms with E-state index in [1.165, 1.54) is 0 Å². The van der Waals surface area contributed by atoms with E-state index in [2.05, 4.69) is 0 Å². The first-order chi connectivity index (χ1) is 17.7. The lowest BCUT2D eigenvalue weighted by Gasteiger charge is -2.32. The van der Waals surface area contributed by atoms with Gasteiger partial charge in [-0.3, -0.25) is 4.79 Å². The average Bonchev–Trinajstić information content (AvgIpc) is 2.88. The molecule has 0 aliphatic heterocycles. The fraction of sp³-hybridized carbons (Fsp3) is 0.226. The number of benzene rings is 3. The minimum absolute atomic E-state index is 0.0974. The van der Waals surface area contributed by atoms with Gasteiger partial charge in [-0.15, -0.1) is 0 Å². The molecule has 6 heteroatoms. The molecule has 1 atom stereocenters. The van der Waals surface area contributed by atoms with Crippen LogP contribution in [0.5, 0.6) is 11.5 Å². The summed E-state index contributed by atoms with van der Waals surface area (Å²) in [6, 6.07) is 21.0. The van der Waals surface area contributed by atoms with Gasteiger partial charge in [0.15, 0.2) is 0 Å². The molecule has 0 bridgehead atoms. The van der Waals surface area contributed by atoms with E-state index in [1.54, 1.807) is 31.2 Å². The van der Waals surface area contributed by atoms with Crippen molar-refractivity contribution in [1.29, 1.82) is 0 Å². The lowest BCUT2D eigenvalue weighted by atomic mass is 9.69. The summed E-state index contributed by atoms with van der Waals surface area (Å²) in [5.41, 5.74) is 3.24. The van der Waals surface area contributed by atoms with Crippen molar-refractivity contribution in [3.63, 3.8) is 0 Å². The van der Waals surface area contributed by atoms with Gasteiger partial charge in [0.25, 0.3) is 0 Å². The van der Waals surface area contributed by atoms with E-state index in [-0.39, 0.29) is 18.6 Å². The fourth-order valence-corrected chi connectivity index (χ4v) is 4.61. The maximum Gasteiger partial charge on any atom is 0.331 e. The lowest BCUT2D eigenvalue weighted by molar-refractivity contribution is -0.142. The number of aliphatic carboxylic acids is 2. The van der Waals surface area contributed by atoms with Crippen molar-refractivity contribution in [3.05, 3.63) is 118 Å². The highest BCUT2D eigenvalue weighted by atomic mass is 16.5. The quantitative estimate of drug-likeness (QED) is 0.368. The van der Waals surface area contributed by atoms with Crippen molar-refractivity contribution in [2.75, 3.05) is 0 Å². The summed E-state index contributed by atoms with van der Waals surface area (Å²) in [5, 5.41) is 20.0. The number of carboxylic acids is 2. The number of ether oxygens (including phenoxy) is 2. The molecule has 0 fully saturated rings. The smallest absolute Gasteiger partial charge is 0.331 e. The zero-order valence-corrected chi connectivity index (χ0v) is 21.2. The van der Waals surface area contributed by atoms with Gasteiger partial charge in [0, 0.05) is 12.0 Å². The van der Waals surface area contributed by atoms with Gasteiger partial charge in [0.2, 0.25) is 0 Å². The van der Waals surface area contributed by atoms with E-state index in [0.717, 1.165) is 28.0 Å². The third-order valence-electron chi connectivity index (χ3n) is 6.85. The third-order valence-corrected chi connectivity index (χ3v) is 6.85. The van der Waals surface area contributed by atoms with Gasteiger partial charge in [0.05, 0.1) is 0 Å². The summed E-state index contributed by atoms with van der Waals surface area (Å²) < 4.78 is 12.1. The predicted octanol–water partition coefficient (Wildman–Crippen LogP) is 6.14. The van der Waals surface area contributed by atoms with Crippen LogP contribution in [-0.2, 0) is 28.2 Å². The third kappa shape index (κ3) is 5.43. The minimum atomic E-state index is -1.50. The Labute approximate surface area is 216 Å². The zero-order chi connectivity index (χ0) is 26.6.